The van der Waals surface area contributed by atoms with E-state index in [1.807, 2.05) is 36.4 Å². The summed E-state index contributed by atoms with van der Waals surface area (Å²) in [5, 5.41) is 15.3. The molecular formula is C22H19N3OS. The molecule has 134 valence electrons. The number of aromatic nitrogens is 3. The standard InChI is InChI=1S/C22H19N3OS/c26-22-18-11-4-5-12-19(18)23-21-14-20(24-25(21)22)15-7-6-10-17(13-15)27-16-8-2-1-3-9-16/h1-3,6-10,13-14,26H,4-5,11-12H2. The average molecular weight is 373 g/mol. The Kier molecular flexibility index (Phi) is 4.09. The molecule has 0 unspecified atom stereocenters. The lowest BCUT2D eigenvalue weighted by Crippen LogP contribution is -2.08. The van der Waals surface area contributed by atoms with Gasteiger partial charge in [-0.15, -0.1) is 0 Å². The van der Waals surface area contributed by atoms with Crippen molar-refractivity contribution in [3.8, 4) is 17.1 Å². The molecule has 0 atom stereocenters. The van der Waals surface area contributed by atoms with Crippen LogP contribution in [0.2, 0.25) is 0 Å². The minimum absolute atomic E-state index is 0.246. The summed E-state index contributed by atoms with van der Waals surface area (Å²) in [5.74, 6) is 0.246. The summed E-state index contributed by atoms with van der Waals surface area (Å²) in [6, 6.07) is 20.6. The van der Waals surface area contributed by atoms with Crippen LogP contribution in [0.3, 0.4) is 0 Å². The third-order valence-corrected chi connectivity index (χ3v) is 5.96. The molecule has 0 aliphatic heterocycles. The number of hydrogen-bond acceptors (Lipinski definition) is 4. The van der Waals surface area contributed by atoms with Crippen LogP contribution in [0.4, 0.5) is 0 Å². The third-order valence-electron chi connectivity index (χ3n) is 4.96. The number of aromatic hydroxyl groups is 1. The third kappa shape index (κ3) is 3.08. The van der Waals surface area contributed by atoms with Gasteiger partial charge in [-0.1, -0.05) is 42.1 Å². The predicted molar refractivity (Wildman–Crippen MR) is 107 cm³/mol. The molecule has 5 rings (SSSR count). The van der Waals surface area contributed by atoms with Gasteiger partial charge in [-0.3, -0.25) is 0 Å². The lowest BCUT2D eigenvalue weighted by molar-refractivity contribution is 0.421. The first-order valence-corrected chi connectivity index (χ1v) is 10.0. The minimum Gasteiger partial charge on any atom is -0.493 e. The van der Waals surface area contributed by atoms with Gasteiger partial charge in [0, 0.05) is 27.0 Å². The highest BCUT2D eigenvalue weighted by atomic mass is 32.2. The first kappa shape index (κ1) is 16.4. The average Bonchev–Trinajstić information content (AvgIpc) is 3.14. The summed E-state index contributed by atoms with van der Waals surface area (Å²) in [7, 11) is 0. The van der Waals surface area contributed by atoms with E-state index in [0.717, 1.165) is 53.1 Å². The summed E-state index contributed by atoms with van der Waals surface area (Å²) in [5.41, 5.74) is 4.54. The van der Waals surface area contributed by atoms with Gasteiger partial charge < -0.3 is 5.11 Å². The van der Waals surface area contributed by atoms with Gasteiger partial charge in [-0.2, -0.15) is 9.61 Å². The molecule has 5 heteroatoms. The predicted octanol–water partition coefficient (Wildman–Crippen LogP) is 5.13. The molecule has 2 aromatic heterocycles. The fourth-order valence-corrected chi connectivity index (χ4v) is 4.51. The molecular weight excluding hydrogens is 354 g/mol. The SMILES string of the molecule is Oc1c2c(nc3cc(-c4cccc(Sc5ccccc5)c4)nn13)CCCC2. The maximum Gasteiger partial charge on any atom is 0.219 e. The van der Waals surface area contributed by atoms with Crippen molar-refractivity contribution in [1.29, 1.82) is 0 Å². The van der Waals surface area contributed by atoms with Crippen molar-refractivity contribution in [3.63, 3.8) is 0 Å². The van der Waals surface area contributed by atoms with Crippen LogP contribution in [-0.4, -0.2) is 19.7 Å². The second-order valence-corrected chi connectivity index (χ2v) is 7.96. The summed E-state index contributed by atoms with van der Waals surface area (Å²) < 4.78 is 1.58. The molecule has 0 saturated heterocycles. The lowest BCUT2D eigenvalue weighted by Gasteiger charge is -2.15. The van der Waals surface area contributed by atoms with E-state index < -0.39 is 0 Å². The molecule has 0 spiro atoms. The Morgan fingerprint density at radius 3 is 2.59 bits per heavy atom. The number of fused-ring (bicyclic) bond motifs is 2. The van der Waals surface area contributed by atoms with Gasteiger partial charge in [0.1, 0.15) is 0 Å². The fourth-order valence-electron chi connectivity index (χ4n) is 3.61. The topological polar surface area (TPSA) is 50.4 Å². The van der Waals surface area contributed by atoms with Crippen molar-refractivity contribution in [2.24, 2.45) is 0 Å². The van der Waals surface area contributed by atoms with Crippen LogP contribution < -0.4 is 0 Å². The summed E-state index contributed by atoms with van der Waals surface area (Å²) in [6.07, 6.45) is 4.04. The molecule has 0 saturated carbocycles. The first-order chi connectivity index (χ1) is 13.3. The van der Waals surface area contributed by atoms with Gasteiger partial charge in [0.05, 0.1) is 11.4 Å². The van der Waals surface area contributed by atoms with Crippen molar-refractivity contribution in [2.45, 2.75) is 35.5 Å². The van der Waals surface area contributed by atoms with E-state index in [1.54, 1.807) is 16.3 Å². The lowest BCUT2D eigenvalue weighted by atomic mass is 9.97. The molecule has 1 aliphatic rings. The molecule has 0 fully saturated rings. The normalized spacial score (nSPS) is 13.6. The molecule has 0 radical (unpaired) electrons. The van der Waals surface area contributed by atoms with Gasteiger partial charge in [-0.25, -0.2) is 4.98 Å². The first-order valence-electron chi connectivity index (χ1n) is 9.22. The van der Waals surface area contributed by atoms with Crippen LogP contribution in [0.25, 0.3) is 16.9 Å². The van der Waals surface area contributed by atoms with E-state index in [9.17, 15) is 5.11 Å². The highest BCUT2D eigenvalue weighted by molar-refractivity contribution is 7.99. The second-order valence-electron chi connectivity index (χ2n) is 6.81. The van der Waals surface area contributed by atoms with Crippen LogP contribution in [0, 0.1) is 0 Å². The van der Waals surface area contributed by atoms with Crippen molar-refractivity contribution < 1.29 is 5.11 Å². The van der Waals surface area contributed by atoms with Gasteiger partial charge in [-0.05, 0) is 49.9 Å². The Morgan fingerprint density at radius 1 is 0.889 bits per heavy atom. The van der Waals surface area contributed by atoms with E-state index in [4.69, 9.17) is 4.98 Å². The van der Waals surface area contributed by atoms with Crippen molar-refractivity contribution in [3.05, 3.63) is 71.9 Å². The smallest absolute Gasteiger partial charge is 0.219 e. The zero-order chi connectivity index (χ0) is 18.2. The maximum atomic E-state index is 10.7. The van der Waals surface area contributed by atoms with E-state index in [0.29, 0.717) is 5.65 Å². The van der Waals surface area contributed by atoms with Crippen molar-refractivity contribution in [1.82, 2.24) is 14.6 Å². The number of rotatable bonds is 3. The molecule has 4 nitrogen and oxygen atoms in total. The Bertz CT molecular complexity index is 1120. The highest BCUT2D eigenvalue weighted by Gasteiger charge is 2.19. The summed E-state index contributed by atoms with van der Waals surface area (Å²) >= 11 is 1.73. The Morgan fingerprint density at radius 2 is 1.70 bits per heavy atom. The zero-order valence-electron chi connectivity index (χ0n) is 14.8. The Hall–Kier alpha value is -2.79. The highest BCUT2D eigenvalue weighted by Crippen LogP contribution is 2.33. The Balaban J connectivity index is 1.54. The number of aryl methyl sites for hydroxylation is 1. The van der Waals surface area contributed by atoms with Gasteiger partial charge in [0.2, 0.25) is 5.88 Å². The largest absolute Gasteiger partial charge is 0.493 e. The monoisotopic (exact) mass is 373 g/mol. The molecule has 0 amide bonds. The molecule has 1 N–H and O–H groups in total. The van der Waals surface area contributed by atoms with Crippen molar-refractivity contribution in [2.75, 3.05) is 0 Å². The van der Waals surface area contributed by atoms with Crippen LogP contribution in [-0.2, 0) is 12.8 Å². The molecule has 0 bridgehead atoms. The van der Waals surface area contributed by atoms with Crippen LogP contribution in [0.15, 0.2) is 70.5 Å². The van der Waals surface area contributed by atoms with E-state index in [1.165, 1.54) is 4.90 Å². The number of hydrogen-bond donors (Lipinski definition) is 1. The van der Waals surface area contributed by atoms with Gasteiger partial charge >= 0.3 is 0 Å². The summed E-state index contributed by atoms with van der Waals surface area (Å²) in [4.78, 5) is 7.11. The molecule has 2 heterocycles. The number of nitrogens with zero attached hydrogens (tertiary/aromatic N) is 3. The Labute approximate surface area is 161 Å². The van der Waals surface area contributed by atoms with E-state index >= 15 is 0 Å². The van der Waals surface area contributed by atoms with Gasteiger partial charge in [0.15, 0.2) is 5.65 Å². The fraction of sp³-hybridized carbons (Fsp3) is 0.182. The van der Waals surface area contributed by atoms with Crippen LogP contribution >= 0.6 is 11.8 Å². The summed E-state index contributed by atoms with van der Waals surface area (Å²) in [6.45, 7) is 0. The van der Waals surface area contributed by atoms with E-state index in [2.05, 4.69) is 29.4 Å². The molecule has 2 aromatic carbocycles. The second kappa shape index (κ2) is 6.74. The van der Waals surface area contributed by atoms with Crippen LogP contribution in [0.5, 0.6) is 5.88 Å². The van der Waals surface area contributed by atoms with Crippen molar-refractivity contribution >= 4 is 17.4 Å². The van der Waals surface area contributed by atoms with Gasteiger partial charge in [0.25, 0.3) is 0 Å². The van der Waals surface area contributed by atoms with E-state index in [-0.39, 0.29) is 5.88 Å². The minimum atomic E-state index is 0.246. The maximum absolute atomic E-state index is 10.7. The quantitative estimate of drug-likeness (QED) is 0.541. The molecule has 1 aliphatic carbocycles. The number of benzene rings is 2. The van der Waals surface area contributed by atoms with Crippen LogP contribution in [0.1, 0.15) is 24.1 Å². The molecule has 27 heavy (non-hydrogen) atoms. The molecule has 4 aromatic rings. The zero-order valence-corrected chi connectivity index (χ0v) is 15.6.